The van der Waals surface area contributed by atoms with E-state index >= 15 is 0 Å². The van der Waals surface area contributed by atoms with Crippen molar-refractivity contribution in [2.24, 2.45) is 0 Å². The number of fused-ring (bicyclic) bond motifs is 1. The van der Waals surface area contributed by atoms with Gasteiger partial charge in [0.1, 0.15) is 5.54 Å². The molecule has 1 aliphatic carbocycles. The van der Waals surface area contributed by atoms with Crippen molar-refractivity contribution in [2.45, 2.75) is 70.1 Å². The lowest BCUT2D eigenvalue weighted by molar-refractivity contribution is -0.129. The summed E-state index contributed by atoms with van der Waals surface area (Å²) >= 11 is 6.82. The first kappa shape index (κ1) is 26.8. The molecule has 2 atom stereocenters. The van der Waals surface area contributed by atoms with Crippen molar-refractivity contribution in [3.8, 4) is 0 Å². The van der Waals surface area contributed by atoms with Crippen LogP contribution in [0.3, 0.4) is 0 Å². The molecular weight excluding hydrogens is 470 g/mol. The summed E-state index contributed by atoms with van der Waals surface area (Å²) < 4.78 is 6.41. The SMILES string of the molecule is C=C(Cl)SC(=C)C(=O)NC1(C(=O)Nc2ccc3c(c2)CCN(C)CC3)CCC(OC(C)(C)C)C1. The van der Waals surface area contributed by atoms with Gasteiger partial charge in [0.05, 0.1) is 21.0 Å². The highest BCUT2D eigenvalue weighted by molar-refractivity contribution is 8.08. The summed E-state index contributed by atoms with van der Waals surface area (Å²) in [6.45, 7) is 15.4. The summed E-state index contributed by atoms with van der Waals surface area (Å²) in [7, 11) is 2.13. The van der Waals surface area contributed by atoms with Crippen molar-refractivity contribution < 1.29 is 14.3 Å². The van der Waals surface area contributed by atoms with Gasteiger partial charge in [-0.05, 0) is 76.8 Å². The molecule has 186 valence electrons. The topological polar surface area (TPSA) is 70.7 Å². The van der Waals surface area contributed by atoms with Crippen LogP contribution in [-0.4, -0.2) is 54.1 Å². The predicted octanol–water partition coefficient (Wildman–Crippen LogP) is 4.84. The second-order valence-corrected chi connectivity index (χ2v) is 12.1. The Morgan fingerprint density at radius 2 is 1.88 bits per heavy atom. The van der Waals surface area contributed by atoms with Gasteiger partial charge in [0.25, 0.3) is 5.91 Å². The van der Waals surface area contributed by atoms with E-state index in [9.17, 15) is 9.59 Å². The first-order chi connectivity index (χ1) is 15.9. The lowest BCUT2D eigenvalue weighted by atomic mass is 9.95. The van der Waals surface area contributed by atoms with E-state index in [1.165, 1.54) is 11.1 Å². The lowest BCUT2D eigenvalue weighted by Crippen LogP contribution is -2.55. The smallest absolute Gasteiger partial charge is 0.258 e. The van der Waals surface area contributed by atoms with E-state index in [1.54, 1.807) is 0 Å². The number of thioether (sulfide) groups is 1. The van der Waals surface area contributed by atoms with Crippen LogP contribution in [0.1, 0.15) is 51.2 Å². The van der Waals surface area contributed by atoms with Crippen molar-refractivity contribution in [1.82, 2.24) is 10.2 Å². The number of amides is 2. The number of ether oxygens (including phenoxy) is 1. The van der Waals surface area contributed by atoms with Crippen LogP contribution in [0.25, 0.3) is 0 Å². The first-order valence-corrected chi connectivity index (χ1v) is 12.9. The van der Waals surface area contributed by atoms with Crippen molar-refractivity contribution in [1.29, 1.82) is 0 Å². The highest BCUT2D eigenvalue weighted by Crippen LogP contribution is 2.36. The van der Waals surface area contributed by atoms with Crippen molar-refractivity contribution >= 4 is 40.9 Å². The number of nitrogens with one attached hydrogen (secondary N) is 2. The molecule has 1 aromatic carbocycles. The van der Waals surface area contributed by atoms with Gasteiger partial charge in [-0.2, -0.15) is 0 Å². The summed E-state index contributed by atoms with van der Waals surface area (Å²) in [5.41, 5.74) is 1.87. The van der Waals surface area contributed by atoms with Gasteiger partial charge in [0, 0.05) is 25.2 Å². The maximum Gasteiger partial charge on any atom is 0.258 e. The van der Waals surface area contributed by atoms with Crippen LogP contribution in [0.2, 0.25) is 0 Å². The number of benzene rings is 1. The number of carbonyl (C=O) groups excluding carboxylic acids is 2. The number of carbonyl (C=O) groups is 2. The Morgan fingerprint density at radius 1 is 1.21 bits per heavy atom. The fourth-order valence-corrected chi connectivity index (χ4v) is 5.30. The molecule has 3 rings (SSSR count). The number of rotatable bonds is 7. The molecule has 0 bridgehead atoms. The summed E-state index contributed by atoms with van der Waals surface area (Å²) in [6, 6.07) is 6.11. The van der Waals surface area contributed by atoms with E-state index < -0.39 is 11.4 Å². The molecule has 34 heavy (non-hydrogen) atoms. The monoisotopic (exact) mass is 505 g/mol. The zero-order valence-corrected chi connectivity index (χ0v) is 22.2. The third kappa shape index (κ3) is 7.11. The zero-order valence-electron chi connectivity index (χ0n) is 20.6. The minimum atomic E-state index is -1.10. The second kappa shape index (κ2) is 10.9. The molecule has 0 radical (unpaired) electrons. The quantitative estimate of drug-likeness (QED) is 0.519. The fourth-order valence-electron chi connectivity index (χ4n) is 4.61. The maximum atomic E-state index is 13.6. The molecule has 8 heteroatoms. The van der Waals surface area contributed by atoms with Crippen LogP contribution in [0.4, 0.5) is 5.69 Å². The Hall–Kier alpha value is -1.80. The molecule has 2 N–H and O–H groups in total. The van der Waals surface area contributed by atoms with Gasteiger partial charge in [0.15, 0.2) is 0 Å². The molecule has 1 aliphatic heterocycles. The molecule has 6 nitrogen and oxygen atoms in total. The minimum Gasteiger partial charge on any atom is -0.373 e. The van der Waals surface area contributed by atoms with Gasteiger partial charge in [-0.1, -0.05) is 42.6 Å². The highest BCUT2D eigenvalue weighted by atomic mass is 35.5. The first-order valence-electron chi connectivity index (χ1n) is 11.7. The molecule has 1 heterocycles. The predicted molar refractivity (Wildman–Crippen MR) is 141 cm³/mol. The molecule has 1 saturated carbocycles. The highest BCUT2D eigenvalue weighted by Gasteiger charge is 2.48. The Morgan fingerprint density at radius 3 is 2.53 bits per heavy atom. The van der Waals surface area contributed by atoms with Crippen LogP contribution < -0.4 is 10.6 Å². The van der Waals surface area contributed by atoms with E-state index in [0.29, 0.717) is 19.3 Å². The minimum absolute atomic E-state index is 0.141. The Balaban J connectivity index is 1.80. The molecule has 2 amide bonds. The van der Waals surface area contributed by atoms with Crippen LogP contribution >= 0.6 is 23.4 Å². The van der Waals surface area contributed by atoms with Crippen LogP contribution in [-0.2, 0) is 27.2 Å². The second-order valence-electron chi connectivity index (χ2n) is 10.3. The van der Waals surface area contributed by atoms with E-state index in [2.05, 4.69) is 47.9 Å². The number of nitrogens with zero attached hydrogens (tertiary/aromatic N) is 1. The van der Waals surface area contributed by atoms with Gasteiger partial charge in [-0.3, -0.25) is 9.59 Å². The Kier molecular flexibility index (Phi) is 8.56. The Labute approximate surface area is 212 Å². The average Bonchev–Trinajstić information content (AvgIpc) is 3.02. The maximum absolute atomic E-state index is 13.6. The van der Waals surface area contributed by atoms with Gasteiger partial charge in [-0.15, -0.1) is 0 Å². The van der Waals surface area contributed by atoms with E-state index in [-0.39, 0.29) is 26.9 Å². The van der Waals surface area contributed by atoms with Gasteiger partial charge in [0.2, 0.25) is 5.91 Å². The van der Waals surface area contributed by atoms with Gasteiger partial charge < -0.3 is 20.3 Å². The number of likely N-dealkylation sites (N-methyl/N-ethyl adjacent to an activating group) is 1. The molecule has 2 aliphatic rings. The van der Waals surface area contributed by atoms with Gasteiger partial charge >= 0.3 is 0 Å². The van der Waals surface area contributed by atoms with Crippen LogP contribution in [0.5, 0.6) is 0 Å². The molecule has 0 aromatic heterocycles. The number of halogens is 1. The number of hydrogen-bond acceptors (Lipinski definition) is 5. The lowest BCUT2D eigenvalue weighted by Gasteiger charge is -2.31. The van der Waals surface area contributed by atoms with Crippen molar-refractivity contribution in [2.75, 3.05) is 25.5 Å². The van der Waals surface area contributed by atoms with E-state index in [0.717, 1.165) is 43.4 Å². The molecule has 0 spiro atoms. The third-order valence-electron chi connectivity index (χ3n) is 6.25. The summed E-state index contributed by atoms with van der Waals surface area (Å²) in [4.78, 5) is 29.1. The fraction of sp³-hybridized carbons (Fsp3) is 0.538. The average molecular weight is 506 g/mol. The summed E-state index contributed by atoms with van der Waals surface area (Å²) in [5, 5.41) is 6.03. The number of hydrogen-bond donors (Lipinski definition) is 2. The molecular formula is C26H36ClN3O3S. The Bertz CT molecular complexity index is 975. The van der Waals surface area contributed by atoms with E-state index in [4.69, 9.17) is 16.3 Å². The zero-order chi connectivity index (χ0) is 25.1. The van der Waals surface area contributed by atoms with Crippen LogP contribution in [0.15, 0.2) is 40.6 Å². The largest absolute Gasteiger partial charge is 0.373 e. The van der Waals surface area contributed by atoms with Crippen molar-refractivity contribution in [3.63, 3.8) is 0 Å². The van der Waals surface area contributed by atoms with Crippen LogP contribution in [0, 0.1) is 0 Å². The standard InChI is InChI=1S/C26H36ClN3O3S/c1-17(34-18(2)27)23(31)29-26(12-9-22(16-26)33-25(3,4)5)24(32)28-21-8-7-19-10-13-30(6)14-11-20(19)15-21/h7-8,15,22H,1-2,9-14,16H2,3-6H3,(H,28,32)(H,29,31). The summed E-state index contributed by atoms with van der Waals surface area (Å²) in [6.07, 6.45) is 3.33. The summed E-state index contributed by atoms with van der Waals surface area (Å²) in [5.74, 6) is -0.669. The molecule has 2 unspecified atom stereocenters. The normalized spacial score (nSPS) is 23.0. The molecule has 0 saturated heterocycles. The van der Waals surface area contributed by atoms with Crippen molar-refractivity contribution in [3.05, 3.63) is 51.8 Å². The molecule has 1 fully saturated rings. The third-order valence-corrected chi connectivity index (χ3v) is 7.14. The van der Waals surface area contributed by atoms with Gasteiger partial charge in [-0.25, -0.2) is 0 Å². The van der Waals surface area contributed by atoms with E-state index in [1.807, 2.05) is 26.8 Å². The number of anilines is 1. The molecule has 1 aromatic rings.